The smallest absolute Gasteiger partial charge is 0.0393 e. The zero-order valence-corrected chi connectivity index (χ0v) is 12.3. The van der Waals surface area contributed by atoms with Gasteiger partial charge in [0, 0.05) is 11.3 Å². The highest BCUT2D eigenvalue weighted by Crippen LogP contribution is 2.34. The Morgan fingerprint density at radius 1 is 0.789 bits per heavy atom. The average Bonchev–Trinajstić information content (AvgIpc) is 2.38. The van der Waals surface area contributed by atoms with Crippen LogP contribution in [0.2, 0.25) is 0 Å². The summed E-state index contributed by atoms with van der Waals surface area (Å²) in [5.74, 6) is 1.03. The highest BCUT2D eigenvalue weighted by atomic mass is 14.6. The fraction of sp³-hybridized carbons (Fsp3) is 0.333. The van der Waals surface area contributed by atoms with Crippen molar-refractivity contribution in [3.63, 3.8) is 0 Å². The third kappa shape index (κ3) is 2.81. The van der Waals surface area contributed by atoms with Gasteiger partial charge in [-0.1, -0.05) is 64.1 Å². The van der Waals surface area contributed by atoms with E-state index in [9.17, 15) is 0 Å². The van der Waals surface area contributed by atoms with Gasteiger partial charge in [-0.3, -0.25) is 0 Å². The predicted octanol–water partition coefficient (Wildman–Crippen LogP) is 5.18. The van der Waals surface area contributed by atoms with E-state index >= 15 is 0 Å². The second kappa shape index (κ2) is 5.48. The maximum atomic E-state index is 6.15. The van der Waals surface area contributed by atoms with Crippen molar-refractivity contribution in [3.05, 3.63) is 53.6 Å². The molecule has 2 aromatic carbocycles. The molecule has 0 bridgehead atoms. The molecule has 0 spiro atoms. The highest BCUT2D eigenvalue weighted by molar-refractivity contribution is 5.79. The van der Waals surface area contributed by atoms with Crippen LogP contribution in [0.4, 0.5) is 5.69 Å². The quantitative estimate of drug-likeness (QED) is 0.749. The fourth-order valence-electron chi connectivity index (χ4n) is 2.41. The lowest BCUT2D eigenvalue weighted by Gasteiger charge is -2.17. The summed E-state index contributed by atoms with van der Waals surface area (Å²) < 4.78 is 0. The van der Waals surface area contributed by atoms with E-state index < -0.39 is 0 Å². The Hall–Kier alpha value is -1.76. The predicted molar refractivity (Wildman–Crippen MR) is 84.5 cm³/mol. The number of hydrogen-bond acceptors (Lipinski definition) is 1. The van der Waals surface area contributed by atoms with E-state index in [1.165, 1.54) is 16.7 Å². The molecule has 0 aliphatic carbocycles. The second-order valence-electron chi connectivity index (χ2n) is 5.74. The third-order valence-electron chi connectivity index (χ3n) is 3.62. The van der Waals surface area contributed by atoms with Crippen LogP contribution in [0.5, 0.6) is 0 Å². The maximum absolute atomic E-state index is 6.15. The van der Waals surface area contributed by atoms with Crippen LogP contribution in [0.15, 0.2) is 42.5 Å². The van der Waals surface area contributed by atoms with Crippen LogP contribution in [-0.4, -0.2) is 0 Å². The summed E-state index contributed by atoms with van der Waals surface area (Å²) in [6, 6.07) is 14.9. The number of para-hydroxylation sites is 1. The summed E-state index contributed by atoms with van der Waals surface area (Å²) in [5.41, 5.74) is 12.2. The minimum absolute atomic E-state index is 0.496. The van der Waals surface area contributed by atoms with Crippen molar-refractivity contribution in [3.8, 4) is 11.1 Å². The van der Waals surface area contributed by atoms with Gasteiger partial charge < -0.3 is 5.73 Å². The monoisotopic (exact) mass is 253 g/mol. The van der Waals surface area contributed by atoms with E-state index in [0.29, 0.717) is 11.8 Å². The Morgan fingerprint density at radius 3 is 2.05 bits per heavy atom. The van der Waals surface area contributed by atoms with Crippen LogP contribution < -0.4 is 5.73 Å². The molecule has 0 unspecified atom stereocenters. The molecule has 0 saturated carbocycles. The molecule has 1 nitrogen and oxygen atoms in total. The number of nitrogens with two attached hydrogens (primary N) is 1. The first-order valence-electron chi connectivity index (χ1n) is 6.99. The zero-order chi connectivity index (χ0) is 14.0. The second-order valence-corrected chi connectivity index (χ2v) is 5.74. The molecule has 0 aliphatic heterocycles. The topological polar surface area (TPSA) is 26.0 Å². The van der Waals surface area contributed by atoms with Gasteiger partial charge in [-0.2, -0.15) is 0 Å². The molecule has 1 heteroatoms. The van der Waals surface area contributed by atoms with Crippen molar-refractivity contribution in [1.82, 2.24) is 0 Å². The van der Waals surface area contributed by atoms with Crippen LogP contribution in [0.1, 0.15) is 50.7 Å². The molecule has 0 heterocycles. The van der Waals surface area contributed by atoms with E-state index in [-0.39, 0.29) is 0 Å². The Morgan fingerprint density at radius 2 is 1.47 bits per heavy atom. The van der Waals surface area contributed by atoms with E-state index in [0.717, 1.165) is 11.3 Å². The molecule has 2 N–H and O–H groups in total. The van der Waals surface area contributed by atoms with Gasteiger partial charge in [0.25, 0.3) is 0 Å². The summed E-state index contributed by atoms with van der Waals surface area (Å²) in [6.07, 6.45) is 0. The minimum atomic E-state index is 0.496. The minimum Gasteiger partial charge on any atom is -0.398 e. The van der Waals surface area contributed by atoms with Crippen molar-refractivity contribution in [1.29, 1.82) is 0 Å². The lowest BCUT2D eigenvalue weighted by atomic mass is 9.88. The van der Waals surface area contributed by atoms with Crippen molar-refractivity contribution in [2.75, 3.05) is 5.73 Å². The molecule has 0 amide bonds. The van der Waals surface area contributed by atoms with Gasteiger partial charge in [-0.05, 0) is 34.6 Å². The van der Waals surface area contributed by atoms with Crippen LogP contribution in [0, 0.1) is 0 Å². The normalized spacial score (nSPS) is 11.3. The number of hydrogen-bond donors (Lipinski definition) is 1. The Balaban J connectivity index is 2.65. The van der Waals surface area contributed by atoms with Crippen LogP contribution in [0.25, 0.3) is 11.1 Å². The first-order chi connectivity index (χ1) is 9.00. The van der Waals surface area contributed by atoms with Crippen molar-refractivity contribution in [2.45, 2.75) is 39.5 Å². The van der Waals surface area contributed by atoms with E-state index in [1.807, 2.05) is 12.1 Å². The van der Waals surface area contributed by atoms with Crippen LogP contribution in [0.3, 0.4) is 0 Å². The van der Waals surface area contributed by atoms with Gasteiger partial charge in [0.1, 0.15) is 0 Å². The number of nitrogen functional groups attached to an aromatic ring is 1. The molecule has 19 heavy (non-hydrogen) atoms. The van der Waals surface area contributed by atoms with Crippen LogP contribution in [-0.2, 0) is 0 Å². The number of anilines is 1. The highest BCUT2D eigenvalue weighted by Gasteiger charge is 2.12. The first-order valence-corrected chi connectivity index (χ1v) is 6.99. The first kappa shape index (κ1) is 13.7. The molecule has 2 rings (SSSR count). The van der Waals surface area contributed by atoms with Gasteiger partial charge in [-0.15, -0.1) is 0 Å². The van der Waals surface area contributed by atoms with Gasteiger partial charge in [-0.25, -0.2) is 0 Å². The molecule has 100 valence electrons. The maximum Gasteiger partial charge on any atom is 0.0393 e. The summed E-state index contributed by atoms with van der Waals surface area (Å²) in [5, 5.41) is 0. The number of rotatable bonds is 3. The molecular weight excluding hydrogens is 230 g/mol. The molecule has 0 aliphatic rings. The Bertz CT molecular complexity index is 568. The molecule has 0 aromatic heterocycles. The van der Waals surface area contributed by atoms with Gasteiger partial charge in [0.2, 0.25) is 0 Å². The summed E-state index contributed by atoms with van der Waals surface area (Å²) in [4.78, 5) is 0. The molecular formula is C18H23N. The molecule has 0 radical (unpaired) electrons. The van der Waals surface area contributed by atoms with Crippen molar-refractivity contribution < 1.29 is 0 Å². The lowest BCUT2D eigenvalue weighted by molar-refractivity contribution is 0.847. The zero-order valence-electron chi connectivity index (χ0n) is 12.3. The van der Waals surface area contributed by atoms with Gasteiger partial charge >= 0.3 is 0 Å². The fourth-order valence-corrected chi connectivity index (χ4v) is 2.41. The van der Waals surface area contributed by atoms with Crippen molar-refractivity contribution in [2.24, 2.45) is 0 Å². The average molecular weight is 253 g/mol. The largest absolute Gasteiger partial charge is 0.398 e. The Kier molecular flexibility index (Phi) is 3.94. The molecule has 2 aromatic rings. The van der Waals surface area contributed by atoms with E-state index in [1.54, 1.807) is 0 Å². The van der Waals surface area contributed by atoms with E-state index in [4.69, 9.17) is 5.73 Å². The van der Waals surface area contributed by atoms with Gasteiger partial charge in [0.05, 0.1) is 0 Å². The molecule has 0 fully saturated rings. The summed E-state index contributed by atoms with van der Waals surface area (Å²) in [6.45, 7) is 8.91. The van der Waals surface area contributed by atoms with Crippen molar-refractivity contribution >= 4 is 5.69 Å². The standard InChI is InChI=1S/C18H23N/c1-12(2)14-9-10-15(13(3)4)17(11-14)16-7-5-6-8-18(16)19/h5-13H,19H2,1-4H3. The van der Waals surface area contributed by atoms with Crippen LogP contribution >= 0.6 is 0 Å². The lowest BCUT2D eigenvalue weighted by Crippen LogP contribution is -1.98. The van der Waals surface area contributed by atoms with E-state index in [2.05, 4.69) is 58.0 Å². The SMILES string of the molecule is CC(C)c1ccc(C(C)C)c(-c2ccccc2N)c1. The summed E-state index contributed by atoms with van der Waals surface area (Å²) in [7, 11) is 0. The Labute approximate surface area is 116 Å². The van der Waals surface area contributed by atoms with Gasteiger partial charge in [0.15, 0.2) is 0 Å². The molecule has 0 saturated heterocycles. The summed E-state index contributed by atoms with van der Waals surface area (Å²) >= 11 is 0. The molecule has 0 atom stereocenters. The number of benzene rings is 2. The third-order valence-corrected chi connectivity index (χ3v) is 3.62.